The Balaban J connectivity index is 2.00. The third-order valence-electron chi connectivity index (χ3n) is 4.46. The standard InChI is InChI=1S/C13H24N2O3S/c1-11-7-9-15(10-8-11)19(17,18)14(2)12-3-5-13(16)6-4-12/h11-12H,3-10H2,1-2H3. The van der Waals surface area contributed by atoms with Crippen LogP contribution < -0.4 is 0 Å². The molecule has 0 radical (unpaired) electrons. The lowest BCUT2D eigenvalue weighted by atomic mass is 9.95. The first kappa shape index (κ1) is 14.9. The van der Waals surface area contributed by atoms with E-state index in [4.69, 9.17) is 0 Å². The first-order valence-corrected chi connectivity index (χ1v) is 8.55. The molecule has 0 spiro atoms. The first-order chi connectivity index (χ1) is 8.91. The van der Waals surface area contributed by atoms with E-state index in [0.717, 1.165) is 12.8 Å². The summed E-state index contributed by atoms with van der Waals surface area (Å²) in [5, 5.41) is 0. The molecule has 19 heavy (non-hydrogen) atoms. The minimum Gasteiger partial charge on any atom is -0.300 e. The number of hydrogen-bond donors (Lipinski definition) is 0. The van der Waals surface area contributed by atoms with Gasteiger partial charge in [-0.2, -0.15) is 17.0 Å². The van der Waals surface area contributed by atoms with Crippen molar-refractivity contribution >= 4 is 16.0 Å². The Morgan fingerprint density at radius 1 is 1.11 bits per heavy atom. The van der Waals surface area contributed by atoms with Crippen LogP contribution in [0.2, 0.25) is 0 Å². The number of hydrogen-bond acceptors (Lipinski definition) is 3. The van der Waals surface area contributed by atoms with Gasteiger partial charge in [0.25, 0.3) is 10.2 Å². The van der Waals surface area contributed by atoms with E-state index in [1.807, 2.05) is 0 Å². The molecular formula is C13H24N2O3S. The van der Waals surface area contributed by atoms with Gasteiger partial charge in [0.1, 0.15) is 5.78 Å². The molecule has 1 saturated heterocycles. The fraction of sp³-hybridized carbons (Fsp3) is 0.923. The molecular weight excluding hydrogens is 264 g/mol. The molecule has 0 aromatic heterocycles. The van der Waals surface area contributed by atoms with Crippen LogP contribution in [0.1, 0.15) is 45.4 Å². The molecule has 2 fully saturated rings. The molecule has 1 saturated carbocycles. The quantitative estimate of drug-likeness (QED) is 0.789. The molecule has 0 N–H and O–H groups in total. The molecule has 0 atom stereocenters. The summed E-state index contributed by atoms with van der Waals surface area (Å²) in [6.45, 7) is 3.42. The van der Waals surface area contributed by atoms with Crippen molar-refractivity contribution in [1.82, 2.24) is 8.61 Å². The summed E-state index contributed by atoms with van der Waals surface area (Å²) in [4.78, 5) is 11.2. The van der Waals surface area contributed by atoms with Crippen LogP contribution in [0.15, 0.2) is 0 Å². The third-order valence-corrected chi connectivity index (χ3v) is 6.50. The maximum absolute atomic E-state index is 12.5. The molecule has 110 valence electrons. The van der Waals surface area contributed by atoms with E-state index in [-0.39, 0.29) is 11.8 Å². The van der Waals surface area contributed by atoms with Crippen molar-refractivity contribution in [3.8, 4) is 0 Å². The van der Waals surface area contributed by atoms with E-state index in [0.29, 0.717) is 44.7 Å². The highest BCUT2D eigenvalue weighted by atomic mass is 32.2. The van der Waals surface area contributed by atoms with Gasteiger partial charge in [0.2, 0.25) is 0 Å². The molecule has 0 amide bonds. The molecule has 6 heteroatoms. The van der Waals surface area contributed by atoms with Gasteiger partial charge in [0.05, 0.1) is 0 Å². The van der Waals surface area contributed by atoms with E-state index in [1.165, 1.54) is 4.31 Å². The average molecular weight is 288 g/mol. The molecule has 2 rings (SSSR count). The first-order valence-electron chi connectivity index (χ1n) is 7.16. The van der Waals surface area contributed by atoms with Crippen LogP contribution in [-0.2, 0) is 15.0 Å². The normalized spacial score (nSPS) is 25.1. The molecule has 1 aliphatic heterocycles. The van der Waals surface area contributed by atoms with E-state index in [1.54, 1.807) is 11.4 Å². The van der Waals surface area contributed by atoms with Gasteiger partial charge in [-0.05, 0) is 31.6 Å². The summed E-state index contributed by atoms with van der Waals surface area (Å²) in [5.41, 5.74) is 0. The Kier molecular flexibility index (Phi) is 4.63. The Bertz CT molecular complexity index is 417. The summed E-state index contributed by atoms with van der Waals surface area (Å²) < 4.78 is 28.2. The Morgan fingerprint density at radius 2 is 1.63 bits per heavy atom. The number of carbonyl (C=O) groups excluding carboxylic acids is 1. The van der Waals surface area contributed by atoms with E-state index < -0.39 is 10.2 Å². The van der Waals surface area contributed by atoms with Crippen LogP contribution in [0, 0.1) is 5.92 Å². The molecule has 0 unspecified atom stereocenters. The average Bonchev–Trinajstić information content (AvgIpc) is 2.39. The van der Waals surface area contributed by atoms with E-state index >= 15 is 0 Å². The molecule has 1 heterocycles. The van der Waals surface area contributed by atoms with Crippen molar-refractivity contribution in [2.24, 2.45) is 5.92 Å². The highest BCUT2D eigenvalue weighted by Gasteiger charge is 2.35. The molecule has 0 aromatic rings. The zero-order chi connectivity index (χ0) is 14.0. The zero-order valence-corrected chi connectivity index (χ0v) is 12.7. The fourth-order valence-electron chi connectivity index (χ4n) is 2.87. The predicted octanol–water partition coefficient (Wildman–Crippen LogP) is 1.41. The molecule has 1 aliphatic carbocycles. The van der Waals surface area contributed by atoms with Crippen molar-refractivity contribution in [3.05, 3.63) is 0 Å². The van der Waals surface area contributed by atoms with E-state index in [9.17, 15) is 13.2 Å². The van der Waals surface area contributed by atoms with Crippen LogP contribution >= 0.6 is 0 Å². The van der Waals surface area contributed by atoms with Gasteiger partial charge in [-0.25, -0.2) is 0 Å². The van der Waals surface area contributed by atoms with Gasteiger partial charge in [0.15, 0.2) is 0 Å². The Labute approximate surface area is 116 Å². The molecule has 2 aliphatic rings. The smallest absolute Gasteiger partial charge is 0.281 e. The van der Waals surface area contributed by atoms with Crippen molar-refractivity contribution in [2.75, 3.05) is 20.1 Å². The van der Waals surface area contributed by atoms with Gasteiger partial charge in [-0.15, -0.1) is 0 Å². The summed E-state index contributed by atoms with van der Waals surface area (Å²) in [6.07, 6.45) is 4.24. The van der Waals surface area contributed by atoms with Gasteiger partial charge in [-0.1, -0.05) is 6.92 Å². The van der Waals surface area contributed by atoms with E-state index in [2.05, 4.69) is 6.92 Å². The lowest BCUT2D eigenvalue weighted by molar-refractivity contribution is -0.120. The number of nitrogens with zero attached hydrogens (tertiary/aromatic N) is 2. The molecule has 0 aromatic carbocycles. The molecule has 0 bridgehead atoms. The van der Waals surface area contributed by atoms with Crippen molar-refractivity contribution < 1.29 is 13.2 Å². The van der Waals surface area contributed by atoms with Crippen molar-refractivity contribution in [2.45, 2.75) is 51.5 Å². The van der Waals surface area contributed by atoms with Gasteiger partial charge in [-0.3, -0.25) is 4.79 Å². The largest absolute Gasteiger partial charge is 0.300 e. The third kappa shape index (κ3) is 3.35. The topological polar surface area (TPSA) is 57.7 Å². The number of piperidine rings is 1. The van der Waals surface area contributed by atoms with Crippen LogP contribution in [0.5, 0.6) is 0 Å². The zero-order valence-electron chi connectivity index (χ0n) is 11.8. The van der Waals surface area contributed by atoms with Crippen molar-refractivity contribution in [1.29, 1.82) is 0 Å². The maximum atomic E-state index is 12.5. The Morgan fingerprint density at radius 3 is 2.16 bits per heavy atom. The highest BCUT2D eigenvalue weighted by Crippen LogP contribution is 2.25. The van der Waals surface area contributed by atoms with Crippen LogP contribution in [0.25, 0.3) is 0 Å². The highest BCUT2D eigenvalue weighted by molar-refractivity contribution is 7.86. The Hall–Kier alpha value is -0.460. The SMILES string of the molecule is CC1CCN(S(=O)(=O)N(C)C2CCC(=O)CC2)CC1. The van der Waals surface area contributed by atoms with Crippen LogP contribution in [-0.4, -0.2) is 49.0 Å². The summed E-state index contributed by atoms with van der Waals surface area (Å²) in [6, 6.07) is -0.0120. The predicted molar refractivity (Wildman–Crippen MR) is 73.9 cm³/mol. The number of Topliss-reactive ketones (excluding diaryl/α,β-unsaturated/α-hetero) is 1. The van der Waals surface area contributed by atoms with Gasteiger partial charge < -0.3 is 0 Å². The molecule has 5 nitrogen and oxygen atoms in total. The number of ketones is 1. The summed E-state index contributed by atoms with van der Waals surface area (Å²) >= 11 is 0. The number of carbonyl (C=O) groups is 1. The monoisotopic (exact) mass is 288 g/mol. The van der Waals surface area contributed by atoms with Crippen molar-refractivity contribution in [3.63, 3.8) is 0 Å². The second-order valence-corrected chi connectivity index (χ2v) is 7.86. The van der Waals surface area contributed by atoms with Crippen LogP contribution in [0.3, 0.4) is 0 Å². The lowest BCUT2D eigenvalue weighted by Crippen LogP contribution is -2.49. The maximum Gasteiger partial charge on any atom is 0.281 e. The second-order valence-electron chi connectivity index (χ2n) is 5.88. The fourth-order valence-corrected chi connectivity index (χ4v) is 4.50. The number of rotatable bonds is 3. The lowest BCUT2D eigenvalue weighted by Gasteiger charge is -2.36. The second kappa shape index (κ2) is 5.89. The minimum atomic E-state index is -3.35. The minimum absolute atomic E-state index is 0.0120. The van der Waals surface area contributed by atoms with Crippen LogP contribution in [0.4, 0.5) is 0 Å². The summed E-state index contributed by atoms with van der Waals surface area (Å²) in [5.74, 6) is 0.873. The van der Waals surface area contributed by atoms with Gasteiger partial charge in [0, 0.05) is 39.0 Å². The summed E-state index contributed by atoms with van der Waals surface area (Å²) in [7, 11) is -1.69. The van der Waals surface area contributed by atoms with Gasteiger partial charge >= 0.3 is 0 Å².